The van der Waals surface area contributed by atoms with Crippen LogP contribution in [0.3, 0.4) is 0 Å². The van der Waals surface area contributed by atoms with Crippen molar-refractivity contribution in [3.05, 3.63) is 46.3 Å². The summed E-state index contributed by atoms with van der Waals surface area (Å²) >= 11 is 1.01. The van der Waals surface area contributed by atoms with E-state index in [1.165, 1.54) is 18.4 Å². The van der Waals surface area contributed by atoms with Crippen LogP contribution in [0.5, 0.6) is 0 Å². The summed E-state index contributed by atoms with van der Waals surface area (Å²) in [5, 5.41) is 14.9. The van der Waals surface area contributed by atoms with Crippen molar-refractivity contribution in [2.45, 2.75) is 6.92 Å². The summed E-state index contributed by atoms with van der Waals surface area (Å²) in [5.74, 6) is -2.64. The van der Waals surface area contributed by atoms with Gasteiger partial charge in [-0.2, -0.15) is 0 Å². The van der Waals surface area contributed by atoms with Crippen molar-refractivity contribution in [3.8, 4) is 0 Å². The first kappa shape index (κ1) is 14.9. The molecule has 21 heavy (non-hydrogen) atoms. The van der Waals surface area contributed by atoms with Crippen LogP contribution in [0.1, 0.15) is 15.9 Å². The Morgan fingerprint density at radius 2 is 1.90 bits per heavy atom. The highest BCUT2D eigenvalue weighted by molar-refractivity contribution is 7.14. The number of aromatic carboxylic acids is 1. The molecule has 0 bridgehead atoms. The maximum Gasteiger partial charge on any atom is 0.338 e. The number of thiophene rings is 1. The van der Waals surface area contributed by atoms with Gasteiger partial charge in [0.25, 0.3) is 0 Å². The number of halogens is 2. The number of carbonyl (C=O) groups excluding carboxylic acids is 1. The zero-order valence-electron chi connectivity index (χ0n) is 10.7. The highest BCUT2D eigenvalue weighted by atomic mass is 32.1. The Hall–Kier alpha value is -2.48. The number of carbonyl (C=O) groups is 2. The fraction of sp³-hybridized carbons (Fsp3) is 0.0769. The van der Waals surface area contributed by atoms with Gasteiger partial charge in [-0.25, -0.2) is 18.4 Å². The summed E-state index contributed by atoms with van der Waals surface area (Å²) in [4.78, 5) is 22.6. The van der Waals surface area contributed by atoms with Crippen molar-refractivity contribution in [1.29, 1.82) is 0 Å². The largest absolute Gasteiger partial charge is 0.478 e. The van der Waals surface area contributed by atoms with Gasteiger partial charge >= 0.3 is 12.0 Å². The number of carboxylic acids is 1. The van der Waals surface area contributed by atoms with Crippen molar-refractivity contribution in [1.82, 2.24) is 0 Å². The van der Waals surface area contributed by atoms with Gasteiger partial charge in [-0.15, -0.1) is 11.3 Å². The zero-order valence-corrected chi connectivity index (χ0v) is 11.6. The van der Waals surface area contributed by atoms with Gasteiger partial charge < -0.3 is 10.4 Å². The van der Waals surface area contributed by atoms with Gasteiger partial charge in [0.05, 0.1) is 11.3 Å². The van der Waals surface area contributed by atoms with E-state index in [0.29, 0.717) is 0 Å². The minimum Gasteiger partial charge on any atom is -0.478 e. The topological polar surface area (TPSA) is 78.4 Å². The average molecular weight is 312 g/mol. The van der Waals surface area contributed by atoms with Gasteiger partial charge in [-0.05, 0) is 30.0 Å². The molecule has 0 atom stereocenters. The van der Waals surface area contributed by atoms with Crippen molar-refractivity contribution in [3.63, 3.8) is 0 Å². The van der Waals surface area contributed by atoms with Crippen LogP contribution in [0.15, 0.2) is 23.6 Å². The first-order valence-electron chi connectivity index (χ1n) is 5.73. The quantitative estimate of drug-likeness (QED) is 0.809. The van der Waals surface area contributed by atoms with Crippen molar-refractivity contribution >= 4 is 34.0 Å². The fourth-order valence-corrected chi connectivity index (χ4v) is 2.35. The average Bonchev–Trinajstić information content (AvgIpc) is 2.84. The van der Waals surface area contributed by atoms with E-state index < -0.39 is 23.6 Å². The number of nitrogens with one attached hydrogen (secondary N) is 2. The molecule has 8 heteroatoms. The van der Waals surface area contributed by atoms with Crippen molar-refractivity contribution in [2.75, 3.05) is 10.6 Å². The second-order valence-electron chi connectivity index (χ2n) is 4.13. The molecule has 0 aliphatic heterocycles. The summed E-state index contributed by atoms with van der Waals surface area (Å²) in [6.07, 6.45) is 0. The van der Waals surface area contributed by atoms with Gasteiger partial charge in [0.2, 0.25) is 0 Å². The lowest BCUT2D eigenvalue weighted by Crippen LogP contribution is -2.21. The van der Waals surface area contributed by atoms with Crippen molar-refractivity contribution < 1.29 is 23.5 Å². The number of amides is 2. The van der Waals surface area contributed by atoms with Gasteiger partial charge in [0.1, 0.15) is 16.6 Å². The molecule has 2 aromatic rings. The minimum atomic E-state index is -1.20. The van der Waals surface area contributed by atoms with E-state index in [1.807, 2.05) is 0 Å². The third kappa shape index (κ3) is 3.34. The number of anilines is 2. The van der Waals surface area contributed by atoms with Crippen LogP contribution in [0.25, 0.3) is 0 Å². The molecule has 1 aromatic heterocycles. The van der Waals surface area contributed by atoms with Gasteiger partial charge in [-0.3, -0.25) is 5.32 Å². The monoisotopic (exact) mass is 312 g/mol. The third-order valence-corrected chi connectivity index (χ3v) is 3.45. The van der Waals surface area contributed by atoms with Crippen LogP contribution in [0.4, 0.5) is 24.3 Å². The molecule has 1 heterocycles. The van der Waals surface area contributed by atoms with Crippen LogP contribution in [-0.4, -0.2) is 17.1 Å². The second-order valence-corrected chi connectivity index (χ2v) is 5.05. The Morgan fingerprint density at radius 1 is 1.19 bits per heavy atom. The van der Waals surface area contributed by atoms with E-state index in [2.05, 4.69) is 10.6 Å². The van der Waals surface area contributed by atoms with Gasteiger partial charge in [0, 0.05) is 6.07 Å². The molecule has 0 aliphatic carbocycles. The Morgan fingerprint density at radius 3 is 2.57 bits per heavy atom. The highest BCUT2D eigenvalue weighted by Crippen LogP contribution is 2.24. The standard InChI is InChI=1S/C13H10F2N2O3S/c1-6-4-9(15)10(5-8(6)14)16-13(20)17-11-7(12(18)19)2-3-21-11/h2-5H,1H3,(H,18,19)(H2,16,17,20). The summed E-state index contributed by atoms with van der Waals surface area (Å²) in [6, 6.07) is 2.28. The number of urea groups is 1. The van der Waals surface area contributed by atoms with E-state index in [0.717, 1.165) is 23.5 Å². The maximum absolute atomic E-state index is 13.6. The molecule has 0 fully saturated rings. The third-order valence-electron chi connectivity index (χ3n) is 2.62. The van der Waals surface area contributed by atoms with E-state index >= 15 is 0 Å². The van der Waals surface area contributed by atoms with Gasteiger partial charge in [0.15, 0.2) is 0 Å². The SMILES string of the molecule is Cc1cc(F)c(NC(=O)Nc2sccc2C(=O)O)cc1F. The number of benzene rings is 1. The summed E-state index contributed by atoms with van der Waals surface area (Å²) in [7, 11) is 0. The van der Waals surface area contributed by atoms with E-state index in [9.17, 15) is 18.4 Å². The first-order valence-corrected chi connectivity index (χ1v) is 6.61. The lowest BCUT2D eigenvalue weighted by molar-refractivity contribution is 0.0698. The second kappa shape index (κ2) is 5.88. The molecule has 1 aromatic carbocycles. The van der Waals surface area contributed by atoms with Crippen LogP contribution >= 0.6 is 11.3 Å². The molecule has 110 valence electrons. The molecule has 0 saturated carbocycles. The number of rotatable bonds is 3. The molecule has 0 unspecified atom stereocenters. The lowest BCUT2D eigenvalue weighted by atomic mass is 10.2. The van der Waals surface area contributed by atoms with Crippen molar-refractivity contribution in [2.24, 2.45) is 0 Å². The number of hydrogen-bond acceptors (Lipinski definition) is 3. The summed E-state index contributed by atoms with van der Waals surface area (Å²) in [5.41, 5.74) is -0.292. The predicted octanol–water partition coefficient (Wildman–Crippen LogP) is 3.68. The molecule has 0 aliphatic rings. The molecule has 3 N–H and O–H groups in total. The first-order chi connectivity index (χ1) is 9.88. The molecule has 0 saturated heterocycles. The molecule has 2 rings (SSSR count). The molecule has 0 radical (unpaired) electrons. The van der Waals surface area contributed by atoms with Crippen LogP contribution in [0.2, 0.25) is 0 Å². The number of aryl methyl sites for hydroxylation is 1. The van der Waals surface area contributed by atoms with E-state index in [1.54, 1.807) is 0 Å². The Kier molecular flexibility index (Phi) is 4.18. The summed E-state index contributed by atoms with van der Waals surface area (Å²) < 4.78 is 26.9. The molecular formula is C13H10F2N2O3S. The molecule has 0 spiro atoms. The molecule has 5 nitrogen and oxygen atoms in total. The number of carboxylic acid groups (broad SMARTS) is 1. The van der Waals surface area contributed by atoms with E-state index in [-0.39, 0.29) is 21.8 Å². The normalized spacial score (nSPS) is 10.2. The smallest absolute Gasteiger partial charge is 0.338 e. The zero-order chi connectivity index (χ0) is 15.6. The summed E-state index contributed by atoms with van der Waals surface area (Å²) in [6.45, 7) is 1.40. The van der Waals surface area contributed by atoms with Gasteiger partial charge in [-0.1, -0.05) is 0 Å². The highest BCUT2D eigenvalue weighted by Gasteiger charge is 2.15. The maximum atomic E-state index is 13.6. The minimum absolute atomic E-state index is 0.0780. The Labute approximate surface area is 122 Å². The Bertz CT molecular complexity index is 715. The molecule has 2 amide bonds. The van der Waals surface area contributed by atoms with Crippen LogP contribution < -0.4 is 10.6 Å². The van der Waals surface area contributed by atoms with Crippen LogP contribution in [-0.2, 0) is 0 Å². The fourth-order valence-electron chi connectivity index (χ4n) is 1.57. The Balaban J connectivity index is 2.14. The molecular weight excluding hydrogens is 302 g/mol. The van der Waals surface area contributed by atoms with Crippen LogP contribution in [0, 0.1) is 18.6 Å². The number of hydrogen-bond donors (Lipinski definition) is 3. The van der Waals surface area contributed by atoms with E-state index in [4.69, 9.17) is 5.11 Å². The lowest BCUT2D eigenvalue weighted by Gasteiger charge is -2.09. The predicted molar refractivity (Wildman–Crippen MR) is 75.0 cm³/mol.